The van der Waals surface area contributed by atoms with E-state index in [-0.39, 0.29) is 11.0 Å². The molecule has 29 heavy (non-hydrogen) atoms. The van der Waals surface area contributed by atoms with Gasteiger partial charge in [0.2, 0.25) is 0 Å². The number of nitriles is 1. The Morgan fingerprint density at radius 3 is 2.24 bits per heavy atom. The molecule has 4 nitrogen and oxygen atoms in total. The quantitative estimate of drug-likeness (QED) is 0.703. The van der Waals surface area contributed by atoms with E-state index in [9.17, 15) is 15.2 Å². The summed E-state index contributed by atoms with van der Waals surface area (Å²) in [7, 11) is 0. The van der Waals surface area contributed by atoms with Crippen molar-refractivity contribution in [3.63, 3.8) is 0 Å². The molecule has 6 rings (SSSR count). The van der Waals surface area contributed by atoms with Crippen molar-refractivity contribution in [2.75, 3.05) is 0 Å². The summed E-state index contributed by atoms with van der Waals surface area (Å²) in [5, 5.41) is 21.3. The van der Waals surface area contributed by atoms with Crippen molar-refractivity contribution in [1.29, 1.82) is 5.26 Å². The van der Waals surface area contributed by atoms with Crippen molar-refractivity contribution in [1.82, 2.24) is 4.98 Å². The maximum Gasteiger partial charge on any atom is 0.114 e. The van der Waals surface area contributed by atoms with E-state index in [4.69, 9.17) is 4.98 Å². The molecule has 2 aromatic rings. The summed E-state index contributed by atoms with van der Waals surface area (Å²) in [6, 6.07) is 13.1. The number of thioether (sulfide) groups is 1. The fraction of sp³-hybridized carbons (Fsp3) is 0.458. The zero-order chi connectivity index (χ0) is 20.0. The lowest BCUT2D eigenvalue weighted by molar-refractivity contribution is -0.255. The molecular formula is C24H23N2O2S-. The molecule has 1 heterocycles. The Morgan fingerprint density at radius 2 is 1.69 bits per heavy atom. The van der Waals surface area contributed by atoms with E-state index in [1.165, 1.54) is 44.2 Å². The van der Waals surface area contributed by atoms with Crippen molar-refractivity contribution in [2.45, 2.75) is 54.7 Å². The highest BCUT2D eigenvalue weighted by Gasteiger charge is 2.52. The molecule has 0 spiro atoms. The zero-order valence-electron chi connectivity index (χ0n) is 16.3. The average Bonchev–Trinajstić information content (AvgIpc) is 2.71. The number of aromatic carboxylic acids is 1. The maximum atomic E-state index is 10.9. The van der Waals surface area contributed by atoms with Gasteiger partial charge in [-0.05, 0) is 79.5 Å². The predicted molar refractivity (Wildman–Crippen MR) is 109 cm³/mol. The second-order valence-corrected chi connectivity index (χ2v) is 10.1. The highest BCUT2D eigenvalue weighted by Crippen LogP contribution is 2.60. The van der Waals surface area contributed by atoms with Crippen LogP contribution in [0.5, 0.6) is 0 Å². The largest absolute Gasteiger partial charge is 0.545 e. The van der Waals surface area contributed by atoms with Crippen LogP contribution in [0, 0.1) is 29.1 Å². The number of hydrogen-bond donors (Lipinski definition) is 0. The third-order valence-corrected chi connectivity index (χ3v) is 8.19. The lowest BCUT2D eigenvalue weighted by Gasteiger charge is -2.56. The normalized spacial score (nSPS) is 29.6. The fourth-order valence-corrected chi connectivity index (χ4v) is 7.17. The van der Waals surface area contributed by atoms with Crippen molar-refractivity contribution in [3.05, 3.63) is 58.8 Å². The fourth-order valence-electron chi connectivity index (χ4n) is 6.24. The molecule has 4 saturated carbocycles. The highest BCUT2D eigenvalue weighted by atomic mass is 32.2. The molecule has 4 aliphatic rings. The van der Waals surface area contributed by atoms with Crippen molar-refractivity contribution in [2.24, 2.45) is 17.8 Å². The Morgan fingerprint density at radius 1 is 1.07 bits per heavy atom. The summed E-state index contributed by atoms with van der Waals surface area (Å²) in [5.41, 5.74) is 3.21. The first kappa shape index (κ1) is 18.7. The molecule has 5 heteroatoms. The van der Waals surface area contributed by atoms with E-state index in [2.05, 4.69) is 12.1 Å². The number of benzene rings is 1. The summed E-state index contributed by atoms with van der Waals surface area (Å²) in [6.07, 6.45) is 7.98. The molecule has 0 unspecified atom stereocenters. The lowest BCUT2D eigenvalue weighted by atomic mass is 9.49. The number of carbonyl (C=O) groups is 1. The van der Waals surface area contributed by atoms with Gasteiger partial charge < -0.3 is 9.90 Å². The third-order valence-electron chi connectivity index (χ3n) is 7.13. The van der Waals surface area contributed by atoms with Crippen LogP contribution < -0.4 is 5.11 Å². The van der Waals surface area contributed by atoms with Gasteiger partial charge in [-0.1, -0.05) is 24.3 Å². The van der Waals surface area contributed by atoms with Gasteiger partial charge in [-0.2, -0.15) is 5.26 Å². The first-order valence-corrected chi connectivity index (χ1v) is 11.4. The zero-order valence-corrected chi connectivity index (χ0v) is 17.1. The van der Waals surface area contributed by atoms with Crippen LogP contribution in [0.4, 0.5) is 0 Å². The predicted octanol–water partition coefficient (Wildman–Crippen LogP) is 4.08. The molecule has 148 valence electrons. The van der Waals surface area contributed by atoms with Crippen LogP contribution in [0.15, 0.2) is 41.4 Å². The van der Waals surface area contributed by atoms with Gasteiger partial charge in [0, 0.05) is 16.9 Å². The van der Waals surface area contributed by atoms with Crippen LogP contribution in [0.2, 0.25) is 0 Å². The number of carbonyl (C=O) groups excluding carboxylic acids is 1. The van der Waals surface area contributed by atoms with E-state index in [0.29, 0.717) is 11.3 Å². The first-order valence-electron chi connectivity index (χ1n) is 10.4. The molecule has 1 aromatic carbocycles. The number of hydrogen-bond acceptors (Lipinski definition) is 5. The van der Waals surface area contributed by atoms with E-state index in [0.717, 1.165) is 28.3 Å². The van der Waals surface area contributed by atoms with Crippen LogP contribution in [0.1, 0.15) is 65.7 Å². The van der Waals surface area contributed by atoms with E-state index >= 15 is 0 Å². The first-order chi connectivity index (χ1) is 14.0. The summed E-state index contributed by atoms with van der Waals surface area (Å²) in [4.78, 5) is 15.9. The highest BCUT2D eigenvalue weighted by molar-refractivity contribution is 7.98. The summed E-state index contributed by atoms with van der Waals surface area (Å²) < 4.78 is 0. The molecule has 0 amide bonds. The van der Waals surface area contributed by atoms with Gasteiger partial charge in [-0.25, -0.2) is 4.98 Å². The minimum Gasteiger partial charge on any atom is -0.545 e. The lowest BCUT2D eigenvalue weighted by Crippen LogP contribution is -2.49. The van der Waals surface area contributed by atoms with Gasteiger partial charge >= 0.3 is 0 Å². The van der Waals surface area contributed by atoms with Crippen LogP contribution in [-0.4, -0.2) is 11.0 Å². The van der Waals surface area contributed by atoms with Crippen LogP contribution in [0.25, 0.3) is 0 Å². The molecule has 4 aliphatic carbocycles. The number of carboxylic acids is 1. The molecule has 4 bridgehead atoms. The van der Waals surface area contributed by atoms with Crippen LogP contribution >= 0.6 is 11.8 Å². The van der Waals surface area contributed by atoms with Gasteiger partial charge in [0.15, 0.2) is 0 Å². The summed E-state index contributed by atoms with van der Waals surface area (Å²) >= 11 is 1.56. The van der Waals surface area contributed by atoms with Crippen molar-refractivity contribution >= 4 is 17.7 Å². The Kier molecular flexibility index (Phi) is 4.63. The number of rotatable bonds is 5. The smallest absolute Gasteiger partial charge is 0.114 e. The average molecular weight is 404 g/mol. The Bertz CT molecular complexity index is 958. The van der Waals surface area contributed by atoms with Gasteiger partial charge in [0.25, 0.3) is 0 Å². The van der Waals surface area contributed by atoms with E-state index < -0.39 is 5.97 Å². The second kappa shape index (κ2) is 7.18. The Hall–Kier alpha value is -2.32. The monoisotopic (exact) mass is 403 g/mol. The molecular weight excluding hydrogens is 380 g/mol. The van der Waals surface area contributed by atoms with Gasteiger partial charge in [-0.15, -0.1) is 11.8 Å². The second-order valence-electron chi connectivity index (χ2n) is 9.13. The minimum atomic E-state index is -1.17. The molecule has 0 N–H and O–H groups in total. The minimum absolute atomic E-state index is 0.179. The topological polar surface area (TPSA) is 76.8 Å². The number of carboxylic acid groups (broad SMARTS) is 1. The van der Waals surface area contributed by atoms with Crippen LogP contribution in [0.3, 0.4) is 0 Å². The van der Waals surface area contributed by atoms with Crippen LogP contribution in [-0.2, 0) is 11.2 Å². The molecule has 0 atom stereocenters. The van der Waals surface area contributed by atoms with Crippen molar-refractivity contribution < 1.29 is 9.90 Å². The number of nitrogens with zero attached hydrogens (tertiary/aromatic N) is 2. The third kappa shape index (κ3) is 3.44. The molecule has 0 aliphatic heterocycles. The number of aromatic nitrogens is 1. The Labute approximate surface area is 175 Å². The number of pyridine rings is 1. The molecule has 1 aromatic heterocycles. The Balaban J connectivity index is 1.39. The van der Waals surface area contributed by atoms with Gasteiger partial charge in [-0.3, -0.25) is 0 Å². The SMILES string of the molecule is N#Cc1ccc(C23CC4CC(CC(C4)C2)C3)nc1SCc1ccc(C(=O)[O-])cc1. The van der Waals surface area contributed by atoms with E-state index in [1.807, 2.05) is 6.07 Å². The molecule has 4 fully saturated rings. The van der Waals surface area contributed by atoms with Crippen molar-refractivity contribution in [3.8, 4) is 6.07 Å². The summed E-state index contributed by atoms with van der Waals surface area (Å²) in [6.45, 7) is 0. The summed E-state index contributed by atoms with van der Waals surface area (Å²) in [5.74, 6) is 2.06. The van der Waals surface area contributed by atoms with Gasteiger partial charge in [0.1, 0.15) is 11.1 Å². The molecule has 0 radical (unpaired) electrons. The van der Waals surface area contributed by atoms with E-state index in [1.54, 1.807) is 36.0 Å². The molecule has 0 saturated heterocycles. The maximum absolute atomic E-state index is 10.9. The van der Waals surface area contributed by atoms with Gasteiger partial charge in [0.05, 0.1) is 11.5 Å². The standard InChI is InChI=1S/C24H24N2O2S/c25-13-20-5-6-21(24-10-16-7-17(11-24)9-18(8-16)12-24)26-22(20)29-14-15-1-3-19(4-2-15)23(27)28/h1-6,16-18H,7-12,14H2,(H,27,28)/p-1.